The third kappa shape index (κ3) is 4.87. The molecular formula is C19H15BrFN3O. The summed E-state index contributed by atoms with van der Waals surface area (Å²) >= 11 is 3.35. The van der Waals surface area contributed by atoms with Crippen molar-refractivity contribution in [2.24, 2.45) is 0 Å². The molecule has 1 aromatic heterocycles. The van der Waals surface area contributed by atoms with Gasteiger partial charge < -0.3 is 10.6 Å². The van der Waals surface area contributed by atoms with Crippen molar-refractivity contribution < 1.29 is 9.18 Å². The Hall–Kier alpha value is -2.73. The second-order valence-corrected chi connectivity index (χ2v) is 6.29. The maximum atomic E-state index is 12.9. The zero-order valence-corrected chi connectivity index (χ0v) is 14.8. The number of carbonyl (C=O) groups is 1. The summed E-state index contributed by atoms with van der Waals surface area (Å²) in [7, 11) is 0. The lowest BCUT2D eigenvalue weighted by Crippen LogP contribution is -2.12. The topological polar surface area (TPSA) is 54.0 Å². The van der Waals surface area contributed by atoms with E-state index in [-0.39, 0.29) is 11.7 Å². The Bertz CT molecular complexity index is 867. The Kier molecular flexibility index (Phi) is 5.40. The van der Waals surface area contributed by atoms with Gasteiger partial charge in [0.25, 0.3) is 5.91 Å². The number of nitrogens with one attached hydrogen (secondary N) is 2. The molecule has 0 spiro atoms. The van der Waals surface area contributed by atoms with Gasteiger partial charge in [0, 0.05) is 28.5 Å². The van der Waals surface area contributed by atoms with Crippen LogP contribution in [0.5, 0.6) is 0 Å². The van der Waals surface area contributed by atoms with Crippen LogP contribution in [0.4, 0.5) is 15.9 Å². The quantitative estimate of drug-likeness (QED) is 0.644. The van der Waals surface area contributed by atoms with Crippen LogP contribution in [0.3, 0.4) is 0 Å². The van der Waals surface area contributed by atoms with Gasteiger partial charge in [-0.2, -0.15) is 0 Å². The number of pyridine rings is 1. The average molecular weight is 400 g/mol. The molecule has 2 N–H and O–H groups in total. The molecule has 6 heteroatoms. The summed E-state index contributed by atoms with van der Waals surface area (Å²) in [5, 5.41) is 6.03. The Morgan fingerprint density at radius 1 is 1.08 bits per heavy atom. The molecule has 0 aliphatic carbocycles. The van der Waals surface area contributed by atoms with Crippen molar-refractivity contribution in [2.45, 2.75) is 6.54 Å². The average Bonchev–Trinajstić information content (AvgIpc) is 2.62. The van der Waals surface area contributed by atoms with Crippen LogP contribution in [0.15, 0.2) is 71.3 Å². The first-order chi connectivity index (χ1) is 12.1. The van der Waals surface area contributed by atoms with E-state index in [0.29, 0.717) is 17.8 Å². The highest BCUT2D eigenvalue weighted by Gasteiger charge is 2.06. The van der Waals surface area contributed by atoms with Gasteiger partial charge in [0.15, 0.2) is 0 Å². The Morgan fingerprint density at radius 3 is 2.60 bits per heavy atom. The lowest BCUT2D eigenvalue weighted by molar-refractivity contribution is 0.102. The van der Waals surface area contributed by atoms with Gasteiger partial charge in [-0.15, -0.1) is 0 Å². The fourth-order valence-corrected chi connectivity index (χ4v) is 2.47. The van der Waals surface area contributed by atoms with Gasteiger partial charge in [-0.3, -0.25) is 4.79 Å². The van der Waals surface area contributed by atoms with E-state index in [0.717, 1.165) is 15.9 Å². The monoisotopic (exact) mass is 399 g/mol. The van der Waals surface area contributed by atoms with Crippen molar-refractivity contribution in [1.29, 1.82) is 0 Å². The van der Waals surface area contributed by atoms with Crippen LogP contribution in [0.25, 0.3) is 0 Å². The molecule has 3 rings (SSSR count). The van der Waals surface area contributed by atoms with Crippen LogP contribution in [0.2, 0.25) is 0 Å². The number of hydrogen-bond acceptors (Lipinski definition) is 3. The number of rotatable bonds is 5. The zero-order valence-electron chi connectivity index (χ0n) is 13.2. The molecule has 4 nitrogen and oxygen atoms in total. The maximum absolute atomic E-state index is 12.9. The summed E-state index contributed by atoms with van der Waals surface area (Å²) < 4.78 is 13.9. The molecule has 0 aliphatic rings. The number of anilines is 2. The number of amides is 1. The van der Waals surface area contributed by atoms with Crippen molar-refractivity contribution in [1.82, 2.24) is 4.98 Å². The van der Waals surface area contributed by atoms with Crippen molar-refractivity contribution in [3.05, 3.63) is 88.3 Å². The molecule has 0 saturated heterocycles. The van der Waals surface area contributed by atoms with Gasteiger partial charge in [-0.25, -0.2) is 9.37 Å². The van der Waals surface area contributed by atoms with Crippen LogP contribution >= 0.6 is 15.9 Å². The number of carbonyl (C=O) groups excluding carboxylic acids is 1. The molecule has 0 bridgehead atoms. The van der Waals surface area contributed by atoms with Gasteiger partial charge >= 0.3 is 0 Å². The zero-order chi connectivity index (χ0) is 17.6. The van der Waals surface area contributed by atoms with Gasteiger partial charge in [-0.1, -0.05) is 12.1 Å². The van der Waals surface area contributed by atoms with E-state index in [1.54, 1.807) is 6.20 Å². The second kappa shape index (κ2) is 7.90. The second-order valence-electron chi connectivity index (χ2n) is 5.38. The SMILES string of the molecule is O=C(Nc1cccc(CNc2ccc(Br)cn2)c1)c1ccc(F)cc1. The molecule has 0 aliphatic heterocycles. The highest BCUT2D eigenvalue weighted by Crippen LogP contribution is 2.15. The summed E-state index contributed by atoms with van der Waals surface area (Å²) in [5.74, 6) is 0.120. The number of halogens is 2. The van der Waals surface area contributed by atoms with Gasteiger partial charge in [-0.05, 0) is 70.0 Å². The van der Waals surface area contributed by atoms with Crippen molar-refractivity contribution in [3.8, 4) is 0 Å². The standard InChI is InChI=1S/C19H15BrFN3O/c20-15-6-9-18(23-12-15)22-11-13-2-1-3-17(10-13)24-19(25)14-4-7-16(21)8-5-14/h1-10,12H,11H2,(H,22,23)(H,24,25). The maximum Gasteiger partial charge on any atom is 0.255 e. The first-order valence-corrected chi connectivity index (χ1v) is 8.41. The highest BCUT2D eigenvalue weighted by molar-refractivity contribution is 9.10. The highest BCUT2D eigenvalue weighted by atomic mass is 79.9. The molecule has 0 saturated carbocycles. The van der Waals surface area contributed by atoms with Gasteiger partial charge in [0.1, 0.15) is 11.6 Å². The van der Waals surface area contributed by atoms with E-state index in [1.807, 2.05) is 36.4 Å². The summed E-state index contributed by atoms with van der Waals surface area (Å²) in [6, 6.07) is 16.7. The van der Waals surface area contributed by atoms with Crippen LogP contribution in [-0.2, 0) is 6.54 Å². The van der Waals surface area contributed by atoms with Gasteiger partial charge in [0.05, 0.1) is 0 Å². The molecule has 25 heavy (non-hydrogen) atoms. The molecule has 0 unspecified atom stereocenters. The van der Waals surface area contributed by atoms with E-state index in [9.17, 15) is 9.18 Å². The van der Waals surface area contributed by atoms with Crippen LogP contribution in [0, 0.1) is 5.82 Å². The van der Waals surface area contributed by atoms with E-state index in [4.69, 9.17) is 0 Å². The predicted octanol–water partition coefficient (Wildman–Crippen LogP) is 4.85. The van der Waals surface area contributed by atoms with Crippen LogP contribution in [-0.4, -0.2) is 10.9 Å². The largest absolute Gasteiger partial charge is 0.366 e. The third-order valence-corrected chi connectivity index (χ3v) is 3.96. The number of benzene rings is 2. The lowest BCUT2D eigenvalue weighted by Gasteiger charge is -2.09. The summed E-state index contributed by atoms with van der Waals surface area (Å²) in [5.41, 5.74) is 2.09. The third-order valence-electron chi connectivity index (χ3n) is 3.49. The van der Waals surface area contributed by atoms with E-state index in [2.05, 4.69) is 31.5 Å². The van der Waals surface area contributed by atoms with Crippen molar-refractivity contribution >= 4 is 33.3 Å². The molecule has 1 heterocycles. The summed E-state index contributed by atoms with van der Waals surface area (Å²) in [6.45, 7) is 0.578. The van der Waals surface area contributed by atoms with E-state index in [1.165, 1.54) is 24.3 Å². The Morgan fingerprint density at radius 2 is 1.88 bits per heavy atom. The minimum atomic E-state index is -0.369. The number of nitrogens with zero attached hydrogens (tertiary/aromatic N) is 1. The fourth-order valence-electron chi connectivity index (χ4n) is 2.24. The van der Waals surface area contributed by atoms with Gasteiger partial charge in [0.2, 0.25) is 0 Å². The number of aromatic nitrogens is 1. The Balaban J connectivity index is 1.63. The molecule has 3 aromatic rings. The van der Waals surface area contributed by atoms with E-state index >= 15 is 0 Å². The molecule has 126 valence electrons. The molecule has 0 radical (unpaired) electrons. The molecule has 0 atom stereocenters. The summed E-state index contributed by atoms with van der Waals surface area (Å²) in [4.78, 5) is 16.4. The minimum absolute atomic E-state index is 0.278. The van der Waals surface area contributed by atoms with Crippen molar-refractivity contribution in [2.75, 3.05) is 10.6 Å². The van der Waals surface area contributed by atoms with Crippen molar-refractivity contribution in [3.63, 3.8) is 0 Å². The first-order valence-electron chi connectivity index (χ1n) is 7.61. The molecular weight excluding hydrogens is 385 g/mol. The fraction of sp³-hybridized carbons (Fsp3) is 0.0526. The molecule has 2 aromatic carbocycles. The van der Waals surface area contributed by atoms with Crippen LogP contribution < -0.4 is 10.6 Å². The summed E-state index contributed by atoms with van der Waals surface area (Å²) in [6.07, 6.45) is 1.72. The lowest BCUT2D eigenvalue weighted by atomic mass is 10.1. The Labute approximate surface area is 153 Å². The predicted molar refractivity (Wildman–Crippen MR) is 100 cm³/mol. The molecule has 1 amide bonds. The number of hydrogen-bond donors (Lipinski definition) is 2. The molecule has 0 fully saturated rings. The smallest absolute Gasteiger partial charge is 0.255 e. The van der Waals surface area contributed by atoms with Crippen LogP contribution in [0.1, 0.15) is 15.9 Å². The van der Waals surface area contributed by atoms with E-state index < -0.39 is 0 Å². The normalized spacial score (nSPS) is 10.3. The minimum Gasteiger partial charge on any atom is -0.366 e. The first kappa shape index (κ1) is 17.1.